The minimum Gasteiger partial charge on any atom is -0.477 e. The van der Waals surface area contributed by atoms with Crippen LogP contribution in [-0.4, -0.2) is 57.6 Å². The van der Waals surface area contributed by atoms with Crippen LogP contribution in [0.2, 0.25) is 0 Å². The number of β-lactam (4-membered cyclic amide) rings is 1. The summed E-state index contributed by atoms with van der Waals surface area (Å²) in [4.78, 5) is 37.2. The third-order valence-corrected chi connectivity index (χ3v) is 6.62. The molecular weight excluding hydrogens is 396 g/mol. The summed E-state index contributed by atoms with van der Waals surface area (Å²) in [5.74, 6) is -2.62. The maximum absolute atomic E-state index is 12.1. The molecule has 29 heavy (non-hydrogen) atoms. The number of carboxylic acids is 1. The molecule has 0 saturated carbocycles. The summed E-state index contributed by atoms with van der Waals surface area (Å²) in [5, 5.41) is 18.7. The van der Waals surface area contributed by atoms with Crippen molar-refractivity contribution >= 4 is 29.6 Å². The number of esters is 1. The van der Waals surface area contributed by atoms with Crippen LogP contribution >= 0.6 is 11.8 Å². The number of nitrogens with zero attached hydrogens (tertiary/aromatic N) is 1. The van der Waals surface area contributed by atoms with Gasteiger partial charge in [-0.1, -0.05) is 50.3 Å². The number of carboxylic acid groups (broad SMARTS) is 1. The molecule has 2 rings (SSSR count). The number of thioether (sulfide) groups is 1. The number of carbonyl (C=O) groups excluding carboxylic acids is 2. The Morgan fingerprint density at radius 1 is 1.14 bits per heavy atom. The maximum atomic E-state index is 12.1. The van der Waals surface area contributed by atoms with Crippen LogP contribution in [0.1, 0.15) is 64.7 Å². The molecule has 0 aliphatic carbocycles. The van der Waals surface area contributed by atoms with Crippen molar-refractivity contribution < 1.29 is 29.3 Å². The minimum atomic E-state index is -1.23. The average Bonchev–Trinajstić information content (AvgIpc) is 2.99. The molecule has 1 saturated heterocycles. The van der Waals surface area contributed by atoms with Crippen molar-refractivity contribution in [3.63, 3.8) is 0 Å². The van der Waals surface area contributed by atoms with E-state index < -0.39 is 29.3 Å². The Kier molecular flexibility index (Phi) is 9.45. The highest BCUT2D eigenvalue weighted by Gasteiger charge is 2.57. The van der Waals surface area contributed by atoms with E-state index in [1.165, 1.54) is 42.8 Å². The quantitative estimate of drug-likeness (QED) is 0.218. The van der Waals surface area contributed by atoms with Crippen molar-refractivity contribution in [2.24, 2.45) is 11.7 Å². The van der Waals surface area contributed by atoms with E-state index >= 15 is 0 Å². The van der Waals surface area contributed by atoms with Gasteiger partial charge < -0.3 is 20.7 Å². The first-order chi connectivity index (χ1) is 13.9. The van der Waals surface area contributed by atoms with Gasteiger partial charge in [0.05, 0.1) is 16.9 Å². The van der Waals surface area contributed by atoms with Crippen molar-refractivity contribution in [2.75, 3.05) is 13.2 Å². The molecule has 8 nitrogen and oxygen atoms in total. The van der Waals surface area contributed by atoms with Crippen molar-refractivity contribution in [1.29, 1.82) is 0 Å². The number of aliphatic hydroxyl groups excluding tert-OH is 1. The molecule has 2 aliphatic rings. The lowest BCUT2D eigenvalue weighted by molar-refractivity contribution is -0.156. The first-order valence-electron chi connectivity index (χ1n) is 10.4. The van der Waals surface area contributed by atoms with E-state index in [1.54, 1.807) is 0 Å². The van der Waals surface area contributed by atoms with E-state index in [0.717, 1.165) is 38.6 Å². The minimum absolute atomic E-state index is 0.135. The summed E-state index contributed by atoms with van der Waals surface area (Å²) in [5.41, 5.74) is 5.33. The first kappa shape index (κ1) is 23.7. The van der Waals surface area contributed by atoms with E-state index in [2.05, 4.69) is 0 Å². The standard InChI is InChI=1S/C20H32N2O6S/c1-13(23)16-18(25)22-17(20(26)27)14(29-19(16)22)12-28-15(24)10-8-6-4-2-3-5-7-9-11-21/h13,16,19,23H,2-12,21H2,1H3,(H,26,27)/t13-,16+,19-/m1/s1. The molecule has 3 atom stereocenters. The van der Waals surface area contributed by atoms with Crippen LogP contribution in [0.4, 0.5) is 0 Å². The van der Waals surface area contributed by atoms with Crippen LogP contribution in [-0.2, 0) is 19.1 Å². The van der Waals surface area contributed by atoms with Crippen molar-refractivity contribution in [3.05, 3.63) is 10.6 Å². The Balaban J connectivity index is 1.68. The van der Waals surface area contributed by atoms with Crippen LogP contribution in [0.3, 0.4) is 0 Å². The van der Waals surface area contributed by atoms with Gasteiger partial charge in [-0.3, -0.25) is 14.5 Å². The van der Waals surface area contributed by atoms with Crippen molar-refractivity contribution in [2.45, 2.75) is 76.2 Å². The van der Waals surface area contributed by atoms with Crippen molar-refractivity contribution in [3.8, 4) is 0 Å². The summed E-state index contributed by atoms with van der Waals surface area (Å²) >= 11 is 1.18. The molecule has 0 bridgehead atoms. The van der Waals surface area contributed by atoms with Gasteiger partial charge in [0.1, 0.15) is 17.7 Å². The average molecular weight is 429 g/mol. The Morgan fingerprint density at radius 2 is 1.72 bits per heavy atom. The molecule has 2 heterocycles. The summed E-state index contributed by atoms with van der Waals surface area (Å²) < 4.78 is 5.24. The number of rotatable bonds is 14. The van der Waals surface area contributed by atoms with Gasteiger partial charge in [0.2, 0.25) is 5.91 Å². The third-order valence-electron chi connectivity index (χ3n) is 5.27. The van der Waals surface area contributed by atoms with Gasteiger partial charge in [0.25, 0.3) is 0 Å². The number of amides is 1. The highest BCUT2D eigenvalue weighted by Crippen LogP contribution is 2.50. The monoisotopic (exact) mass is 428 g/mol. The summed E-state index contributed by atoms with van der Waals surface area (Å²) in [6, 6.07) is 0. The van der Waals surface area contributed by atoms with Gasteiger partial charge in [-0.05, 0) is 26.3 Å². The number of aliphatic hydroxyl groups is 1. The number of fused-ring (bicyclic) bond motifs is 1. The number of aliphatic carboxylic acids is 1. The molecule has 0 aromatic heterocycles. The Hall–Kier alpha value is -1.58. The molecule has 9 heteroatoms. The number of ether oxygens (including phenoxy) is 1. The maximum Gasteiger partial charge on any atom is 0.353 e. The molecule has 0 aromatic rings. The third kappa shape index (κ3) is 6.20. The van der Waals surface area contributed by atoms with E-state index in [1.807, 2.05) is 0 Å². The number of nitrogens with two attached hydrogens (primary N) is 1. The zero-order valence-corrected chi connectivity index (χ0v) is 17.8. The van der Waals surface area contributed by atoms with Gasteiger partial charge in [-0.2, -0.15) is 0 Å². The molecule has 1 fully saturated rings. The normalized spacial score (nSPS) is 21.8. The highest BCUT2D eigenvalue weighted by atomic mass is 32.2. The molecule has 164 valence electrons. The predicted molar refractivity (Wildman–Crippen MR) is 110 cm³/mol. The fourth-order valence-corrected chi connectivity index (χ4v) is 5.17. The van der Waals surface area contributed by atoms with E-state index in [9.17, 15) is 24.6 Å². The topological polar surface area (TPSA) is 130 Å². The molecule has 0 radical (unpaired) electrons. The second kappa shape index (κ2) is 11.6. The van der Waals surface area contributed by atoms with Crippen molar-refractivity contribution in [1.82, 2.24) is 4.90 Å². The van der Waals surface area contributed by atoms with Crippen LogP contribution in [0.5, 0.6) is 0 Å². The molecule has 0 aromatic carbocycles. The first-order valence-corrected chi connectivity index (χ1v) is 11.3. The van der Waals surface area contributed by atoms with Gasteiger partial charge >= 0.3 is 11.9 Å². The summed E-state index contributed by atoms with van der Waals surface area (Å²) in [7, 11) is 0. The molecule has 0 unspecified atom stereocenters. The van der Waals surface area contributed by atoms with Gasteiger partial charge in [-0.15, -0.1) is 0 Å². The SMILES string of the molecule is C[C@@H](O)[C@H]1C(=O)N2C(C(=O)O)=C(COC(=O)CCCCCCCCCCN)S[C@H]12. The lowest BCUT2D eigenvalue weighted by atomic mass is 9.92. The molecular formula is C20H32N2O6S. The van der Waals surface area contributed by atoms with Gasteiger partial charge in [0.15, 0.2) is 0 Å². The van der Waals surface area contributed by atoms with Crippen LogP contribution in [0.15, 0.2) is 10.6 Å². The Morgan fingerprint density at radius 3 is 2.28 bits per heavy atom. The Bertz CT molecular complexity index is 636. The van der Waals surface area contributed by atoms with E-state index in [0.29, 0.717) is 11.3 Å². The lowest BCUT2D eigenvalue weighted by Crippen LogP contribution is -2.60. The highest BCUT2D eigenvalue weighted by molar-refractivity contribution is 8.04. The largest absolute Gasteiger partial charge is 0.477 e. The predicted octanol–water partition coefficient (Wildman–Crippen LogP) is 2.21. The Labute approximate surface area is 175 Å². The molecule has 1 amide bonds. The lowest BCUT2D eigenvalue weighted by Gasteiger charge is -2.43. The van der Waals surface area contributed by atoms with Crippen LogP contribution in [0, 0.1) is 5.92 Å². The molecule has 0 spiro atoms. The fourth-order valence-electron chi connectivity index (χ4n) is 3.65. The fraction of sp³-hybridized carbons (Fsp3) is 0.750. The second-order valence-corrected chi connectivity index (χ2v) is 8.80. The number of hydrogen-bond acceptors (Lipinski definition) is 7. The van der Waals surface area contributed by atoms with Crippen LogP contribution < -0.4 is 5.73 Å². The molecule has 2 aliphatic heterocycles. The zero-order valence-electron chi connectivity index (χ0n) is 17.0. The van der Waals surface area contributed by atoms with E-state index in [-0.39, 0.29) is 18.3 Å². The molecule has 4 N–H and O–H groups in total. The zero-order chi connectivity index (χ0) is 21.4. The van der Waals surface area contributed by atoms with E-state index in [4.69, 9.17) is 10.5 Å². The number of carbonyl (C=O) groups is 3. The number of unbranched alkanes of at least 4 members (excludes halogenated alkanes) is 7. The van der Waals surface area contributed by atoms with Gasteiger partial charge in [0, 0.05) is 6.42 Å². The summed E-state index contributed by atoms with van der Waals surface area (Å²) in [6.07, 6.45) is 8.05. The second-order valence-electron chi connectivity index (χ2n) is 7.59. The summed E-state index contributed by atoms with van der Waals surface area (Å²) in [6.45, 7) is 2.11. The van der Waals surface area contributed by atoms with Gasteiger partial charge in [-0.25, -0.2) is 4.79 Å². The number of hydrogen-bond donors (Lipinski definition) is 3. The van der Waals surface area contributed by atoms with Crippen LogP contribution in [0.25, 0.3) is 0 Å². The smallest absolute Gasteiger partial charge is 0.353 e.